The normalized spacial score (nSPS) is 24.9. The standard InChI is InChI=1S/C13H16O2/c1-14-11-13(9-5-6-10-15-13)12-7-3-2-4-8-12/h2-4,6-8,10H,5,9,11H2,1H3. The number of hydrogen-bond donors (Lipinski definition) is 0. The Labute approximate surface area is 90.5 Å². The smallest absolute Gasteiger partial charge is 0.156 e. The first-order valence-corrected chi connectivity index (χ1v) is 5.25. The van der Waals surface area contributed by atoms with E-state index in [0.717, 1.165) is 12.8 Å². The van der Waals surface area contributed by atoms with E-state index in [0.29, 0.717) is 6.61 Å². The first-order chi connectivity index (χ1) is 7.37. The molecule has 0 aromatic heterocycles. The van der Waals surface area contributed by atoms with Gasteiger partial charge in [-0.15, -0.1) is 0 Å². The van der Waals surface area contributed by atoms with E-state index in [1.54, 1.807) is 13.4 Å². The Morgan fingerprint density at radius 2 is 2.13 bits per heavy atom. The molecule has 15 heavy (non-hydrogen) atoms. The van der Waals surface area contributed by atoms with Crippen LogP contribution in [-0.4, -0.2) is 13.7 Å². The topological polar surface area (TPSA) is 18.5 Å². The molecule has 80 valence electrons. The maximum Gasteiger partial charge on any atom is 0.156 e. The highest BCUT2D eigenvalue weighted by molar-refractivity contribution is 5.24. The summed E-state index contributed by atoms with van der Waals surface area (Å²) in [7, 11) is 1.71. The Morgan fingerprint density at radius 1 is 1.33 bits per heavy atom. The molecule has 1 atom stereocenters. The molecule has 0 amide bonds. The Balaban J connectivity index is 2.30. The van der Waals surface area contributed by atoms with Crippen molar-refractivity contribution < 1.29 is 9.47 Å². The summed E-state index contributed by atoms with van der Waals surface area (Å²) in [4.78, 5) is 0. The van der Waals surface area contributed by atoms with Gasteiger partial charge in [-0.2, -0.15) is 0 Å². The van der Waals surface area contributed by atoms with Crippen LogP contribution in [0.1, 0.15) is 18.4 Å². The zero-order valence-corrected chi connectivity index (χ0v) is 8.98. The first kappa shape index (κ1) is 10.2. The second kappa shape index (κ2) is 4.49. The molecule has 0 N–H and O–H groups in total. The molecule has 1 aliphatic heterocycles. The van der Waals surface area contributed by atoms with Crippen molar-refractivity contribution in [1.29, 1.82) is 0 Å². The average Bonchev–Trinajstić information content (AvgIpc) is 2.32. The Kier molecular flexibility index (Phi) is 3.07. The molecule has 2 rings (SSSR count). The number of benzene rings is 1. The van der Waals surface area contributed by atoms with Crippen LogP contribution < -0.4 is 0 Å². The van der Waals surface area contributed by atoms with Gasteiger partial charge in [0.25, 0.3) is 0 Å². The van der Waals surface area contributed by atoms with Crippen molar-refractivity contribution in [1.82, 2.24) is 0 Å². The quantitative estimate of drug-likeness (QED) is 0.753. The van der Waals surface area contributed by atoms with Crippen LogP contribution in [0.3, 0.4) is 0 Å². The summed E-state index contributed by atoms with van der Waals surface area (Å²) in [5.41, 5.74) is 0.904. The van der Waals surface area contributed by atoms with Crippen molar-refractivity contribution in [3.63, 3.8) is 0 Å². The van der Waals surface area contributed by atoms with E-state index in [1.807, 2.05) is 18.2 Å². The van der Waals surface area contributed by atoms with Gasteiger partial charge < -0.3 is 9.47 Å². The summed E-state index contributed by atoms with van der Waals surface area (Å²) in [5, 5.41) is 0. The Bertz CT molecular complexity index is 332. The second-order valence-corrected chi connectivity index (χ2v) is 3.82. The molecule has 1 aromatic carbocycles. The number of methoxy groups -OCH3 is 1. The molecule has 1 aromatic rings. The molecule has 0 spiro atoms. The van der Waals surface area contributed by atoms with Gasteiger partial charge in [-0.3, -0.25) is 0 Å². The molecule has 0 bridgehead atoms. The molecule has 0 aliphatic carbocycles. The zero-order valence-electron chi connectivity index (χ0n) is 8.98. The van der Waals surface area contributed by atoms with Gasteiger partial charge in [0.1, 0.15) is 0 Å². The molecule has 1 heterocycles. The van der Waals surface area contributed by atoms with E-state index < -0.39 is 0 Å². The van der Waals surface area contributed by atoms with Crippen molar-refractivity contribution in [2.75, 3.05) is 13.7 Å². The van der Waals surface area contributed by atoms with E-state index in [9.17, 15) is 0 Å². The van der Waals surface area contributed by atoms with Gasteiger partial charge in [0.15, 0.2) is 5.60 Å². The van der Waals surface area contributed by atoms with E-state index in [-0.39, 0.29) is 5.60 Å². The van der Waals surface area contributed by atoms with Gasteiger partial charge in [0.2, 0.25) is 0 Å². The minimum absolute atomic E-state index is 0.287. The van der Waals surface area contributed by atoms with Crippen molar-refractivity contribution in [2.24, 2.45) is 0 Å². The molecule has 2 heteroatoms. The predicted octanol–water partition coefficient (Wildman–Crippen LogP) is 2.85. The Hall–Kier alpha value is -1.28. The largest absolute Gasteiger partial charge is 0.488 e. The van der Waals surface area contributed by atoms with Crippen molar-refractivity contribution in [3.8, 4) is 0 Å². The van der Waals surface area contributed by atoms with Gasteiger partial charge in [-0.1, -0.05) is 30.3 Å². The van der Waals surface area contributed by atoms with Crippen LogP contribution in [0.4, 0.5) is 0 Å². The summed E-state index contributed by atoms with van der Waals surface area (Å²) < 4.78 is 11.1. The van der Waals surface area contributed by atoms with Crippen LogP contribution in [-0.2, 0) is 15.1 Å². The third-order valence-corrected chi connectivity index (χ3v) is 2.78. The minimum Gasteiger partial charge on any atom is -0.488 e. The van der Waals surface area contributed by atoms with Crippen LogP contribution in [0.2, 0.25) is 0 Å². The summed E-state index contributed by atoms with van der Waals surface area (Å²) >= 11 is 0. The number of ether oxygens (including phenoxy) is 2. The third-order valence-electron chi connectivity index (χ3n) is 2.78. The average molecular weight is 204 g/mol. The molecule has 0 fully saturated rings. The predicted molar refractivity (Wildman–Crippen MR) is 59.5 cm³/mol. The molecular weight excluding hydrogens is 188 g/mol. The summed E-state index contributed by atoms with van der Waals surface area (Å²) in [5.74, 6) is 0. The van der Waals surface area contributed by atoms with Gasteiger partial charge in [0.05, 0.1) is 12.9 Å². The number of allylic oxidation sites excluding steroid dienone is 1. The van der Waals surface area contributed by atoms with Gasteiger partial charge in [-0.05, 0) is 24.5 Å². The summed E-state index contributed by atoms with van der Waals surface area (Å²) in [6.45, 7) is 0.599. The Morgan fingerprint density at radius 3 is 2.73 bits per heavy atom. The van der Waals surface area contributed by atoms with Crippen LogP contribution >= 0.6 is 0 Å². The van der Waals surface area contributed by atoms with E-state index in [1.165, 1.54) is 5.56 Å². The molecule has 1 unspecified atom stereocenters. The lowest BCUT2D eigenvalue weighted by atomic mass is 9.88. The van der Waals surface area contributed by atoms with E-state index in [2.05, 4.69) is 18.2 Å². The number of hydrogen-bond acceptors (Lipinski definition) is 2. The molecule has 0 saturated carbocycles. The molecular formula is C13H16O2. The van der Waals surface area contributed by atoms with Crippen LogP contribution in [0.5, 0.6) is 0 Å². The van der Waals surface area contributed by atoms with Gasteiger partial charge >= 0.3 is 0 Å². The van der Waals surface area contributed by atoms with Crippen molar-refractivity contribution in [3.05, 3.63) is 48.2 Å². The fourth-order valence-electron chi connectivity index (χ4n) is 2.00. The SMILES string of the molecule is COCC1(c2ccccc2)CCC=CO1. The van der Waals surface area contributed by atoms with Gasteiger partial charge in [0, 0.05) is 7.11 Å². The van der Waals surface area contributed by atoms with Crippen molar-refractivity contribution in [2.45, 2.75) is 18.4 Å². The zero-order chi connectivity index (χ0) is 10.6. The van der Waals surface area contributed by atoms with Gasteiger partial charge in [-0.25, -0.2) is 0 Å². The monoisotopic (exact) mass is 204 g/mol. The molecule has 1 aliphatic rings. The molecule has 0 radical (unpaired) electrons. The molecule has 0 saturated heterocycles. The maximum absolute atomic E-state index is 5.79. The lowest BCUT2D eigenvalue weighted by Crippen LogP contribution is -2.34. The third kappa shape index (κ3) is 2.05. The highest BCUT2D eigenvalue weighted by Gasteiger charge is 2.34. The fourth-order valence-corrected chi connectivity index (χ4v) is 2.00. The highest BCUT2D eigenvalue weighted by atomic mass is 16.5. The van der Waals surface area contributed by atoms with Crippen LogP contribution in [0.25, 0.3) is 0 Å². The summed E-state index contributed by atoms with van der Waals surface area (Å²) in [6.07, 6.45) is 5.85. The first-order valence-electron chi connectivity index (χ1n) is 5.25. The van der Waals surface area contributed by atoms with E-state index >= 15 is 0 Å². The van der Waals surface area contributed by atoms with Crippen molar-refractivity contribution >= 4 is 0 Å². The van der Waals surface area contributed by atoms with Crippen LogP contribution in [0, 0.1) is 0 Å². The highest BCUT2D eigenvalue weighted by Crippen LogP contribution is 2.34. The fraction of sp³-hybridized carbons (Fsp3) is 0.385. The minimum atomic E-state index is -0.287. The summed E-state index contributed by atoms with van der Waals surface area (Å²) in [6, 6.07) is 10.3. The van der Waals surface area contributed by atoms with Crippen LogP contribution in [0.15, 0.2) is 42.7 Å². The lowest BCUT2D eigenvalue weighted by molar-refractivity contribution is -0.0592. The maximum atomic E-state index is 5.79. The molecule has 2 nitrogen and oxygen atoms in total. The lowest BCUT2D eigenvalue weighted by Gasteiger charge is -2.35. The van der Waals surface area contributed by atoms with E-state index in [4.69, 9.17) is 9.47 Å². The number of rotatable bonds is 3. The second-order valence-electron chi connectivity index (χ2n) is 3.82.